The molecule has 2 aliphatic heterocycles. The molecule has 2 N–H and O–H groups in total. The van der Waals surface area contributed by atoms with Gasteiger partial charge in [0.2, 0.25) is 11.8 Å². The molecule has 0 radical (unpaired) electrons. The van der Waals surface area contributed by atoms with Gasteiger partial charge < -0.3 is 15.2 Å². The Balaban J connectivity index is 1.79. The molecule has 0 unspecified atom stereocenters. The van der Waals surface area contributed by atoms with Gasteiger partial charge in [-0.05, 0) is 25.9 Å². The SMILES string of the molecule is COc1cc(OC)cc(N2C(=O)C[C@@H](N3CCC(C(N)=O)CC3)C2=O)c1. The van der Waals surface area contributed by atoms with E-state index in [2.05, 4.69) is 0 Å². The van der Waals surface area contributed by atoms with Gasteiger partial charge in [0.1, 0.15) is 11.5 Å². The average Bonchev–Trinajstić information content (AvgIpc) is 2.95. The molecule has 2 aliphatic rings. The number of nitrogens with two attached hydrogens (primary N) is 1. The van der Waals surface area contributed by atoms with Crippen LogP contribution in [-0.2, 0) is 14.4 Å². The van der Waals surface area contributed by atoms with Crippen LogP contribution in [0.5, 0.6) is 11.5 Å². The summed E-state index contributed by atoms with van der Waals surface area (Å²) in [5.74, 6) is 0.0345. The normalized spacial score (nSPS) is 21.9. The fraction of sp³-hybridized carbons (Fsp3) is 0.500. The maximum atomic E-state index is 12.9. The predicted octanol–water partition coefficient (Wildman–Crippen LogP) is 0.533. The highest BCUT2D eigenvalue weighted by atomic mass is 16.5. The Bertz CT molecular complexity index is 705. The summed E-state index contributed by atoms with van der Waals surface area (Å²) in [5.41, 5.74) is 5.79. The third kappa shape index (κ3) is 3.37. The first-order chi connectivity index (χ1) is 12.4. The van der Waals surface area contributed by atoms with Crippen LogP contribution in [0.4, 0.5) is 5.69 Å². The molecule has 0 spiro atoms. The van der Waals surface area contributed by atoms with Crippen molar-refractivity contribution in [2.24, 2.45) is 11.7 Å². The number of benzene rings is 1. The van der Waals surface area contributed by atoms with Gasteiger partial charge in [0.05, 0.1) is 32.4 Å². The van der Waals surface area contributed by atoms with Crippen LogP contribution in [0.1, 0.15) is 19.3 Å². The number of hydrogen-bond acceptors (Lipinski definition) is 6. The van der Waals surface area contributed by atoms with Crippen molar-refractivity contribution in [3.05, 3.63) is 18.2 Å². The van der Waals surface area contributed by atoms with E-state index in [1.54, 1.807) is 18.2 Å². The molecule has 3 amide bonds. The fourth-order valence-corrected chi connectivity index (χ4v) is 3.59. The summed E-state index contributed by atoms with van der Waals surface area (Å²) in [5, 5.41) is 0. The molecule has 1 aromatic rings. The number of carbonyl (C=O) groups excluding carboxylic acids is 3. The minimum Gasteiger partial charge on any atom is -0.497 e. The number of methoxy groups -OCH3 is 2. The third-order valence-electron chi connectivity index (χ3n) is 5.09. The molecule has 0 saturated carbocycles. The molecule has 0 aromatic heterocycles. The molecule has 2 fully saturated rings. The Morgan fingerprint density at radius 2 is 1.65 bits per heavy atom. The lowest BCUT2D eigenvalue weighted by Gasteiger charge is -2.33. The van der Waals surface area contributed by atoms with E-state index >= 15 is 0 Å². The summed E-state index contributed by atoms with van der Waals surface area (Å²) in [7, 11) is 3.02. The summed E-state index contributed by atoms with van der Waals surface area (Å²) >= 11 is 0. The molecule has 0 aliphatic carbocycles. The van der Waals surface area contributed by atoms with Crippen LogP contribution in [0.25, 0.3) is 0 Å². The van der Waals surface area contributed by atoms with Gasteiger partial charge in [0, 0.05) is 24.1 Å². The molecular formula is C18H23N3O5. The molecule has 1 aromatic carbocycles. The van der Waals surface area contributed by atoms with Gasteiger partial charge in [-0.1, -0.05) is 0 Å². The first-order valence-corrected chi connectivity index (χ1v) is 8.57. The quantitative estimate of drug-likeness (QED) is 0.768. The van der Waals surface area contributed by atoms with Gasteiger partial charge in [0.25, 0.3) is 5.91 Å². The third-order valence-corrected chi connectivity index (χ3v) is 5.09. The van der Waals surface area contributed by atoms with E-state index in [0.29, 0.717) is 43.1 Å². The Labute approximate surface area is 151 Å². The summed E-state index contributed by atoms with van der Waals surface area (Å²) in [4.78, 5) is 39.9. The standard InChI is InChI=1S/C18H23N3O5/c1-25-13-7-12(8-14(9-13)26-2)21-16(22)10-15(18(21)24)20-5-3-11(4-6-20)17(19)23/h7-9,11,15H,3-6,10H2,1-2H3,(H2,19,23)/t15-/m1/s1. The fourth-order valence-electron chi connectivity index (χ4n) is 3.59. The number of piperidine rings is 1. The summed E-state index contributed by atoms with van der Waals surface area (Å²) in [6.07, 6.45) is 1.35. The Hall–Kier alpha value is -2.61. The first kappa shape index (κ1) is 18.2. The molecule has 2 heterocycles. The van der Waals surface area contributed by atoms with E-state index < -0.39 is 6.04 Å². The van der Waals surface area contributed by atoms with Crippen molar-refractivity contribution in [1.82, 2.24) is 4.90 Å². The summed E-state index contributed by atoms with van der Waals surface area (Å²) in [6.45, 7) is 1.15. The lowest BCUT2D eigenvalue weighted by atomic mass is 9.95. The van der Waals surface area contributed by atoms with E-state index in [0.717, 1.165) is 0 Å². The van der Waals surface area contributed by atoms with Crippen LogP contribution >= 0.6 is 0 Å². The van der Waals surface area contributed by atoms with E-state index in [4.69, 9.17) is 15.2 Å². The van der Waals surface area contributed by atoms with Crippen LogP contribution in [0.2, 0.25) is 0 Å². The van der Waals surface area contributed by atoms with Crippen molar-refractivity contribution in [2.75, 3.05) is 32.2 Å². The molecule has 3 rings (SSSR count). The first-order valence-electron chi connectivity index (χ1n) is 8.57. The van der Waals surface area contributed by atoms with E-state index in [1.807, 2.05) is 4.90 Å². The van der Waals surface area contributed by atoms with Crippen molar-refractivity contribution in [3.63, 3.8) is 0 Å². The number of imide groups is 1. The number of likely N-dealkylation sites (tertiary alicyclic amines) is 1. The topological polar surface area (TPSA) is 102 Å². The number of hydrogen-bond donors (Lipinski definition) is 1. The van der Waals surface area contributed by atoms with Gasteiger partial charge in [0.15, 0.2) is 0 Å². The molecule has 26 heavy (non-hydrogen) atoms. The van der Waals surface area contributed by atoms with Crippen molar-refractivity contribution >= 4 is 23.4 Å². The van der Waals surface area contributed by atoms with E-state index in [-0.39, 0.29) is 30.1 Å². The van der Waals surface area contributed by atoms with Gasteiger partial charge in [-0.2, -0.15) is 0 Å². The Kier molecular flexibility index (Phi) is 5.13. The summed E-state index contributed by atoms with van der Waals surface area (Å²) in [6, 6.07) is 4.45. The van der Waals surface area contributed by atoms with Crippen molar-refractivity contribution in [3.8, 4) is 11.5 Å². The molecular weight excluding hydrogens is 338 g/mol. The molecule has 140 valence electrons. The van der Waals surface area contributed by atoms with Crippen LogP contribution < -0.4 is 20.1 Å². The molecule has 2 saturated heterocycles. The maximum Gasteiger partial charge on any atom is 0.251 e. The molecule has 8 heteroatoms. The van der Waals surface area contributed by atoms with E-state index in [9.17, 15) is 14.4 Å². The van der Waals surface area contributed by atoms with Crippen LogP contribution in [0.3, 0.4) is 0 Å². The molecule has 8 nitrogen and oxygen atoms in total. The number of rotatable bonds is 5. The molecule has 1 atom stereocenters. The molecule has 0 bridgehead atoms. The second-order valence-electron chi connectivity index (χ2n) is 6.57. The van der Waals surface area contributed by atoms with Crippen LogP contribution in [0.15, 0.2) is 18.2 Å². The zero-order valence-corrected chi connectivity index (χ0v) is 14.9. The monoisotopic (exact) mass is 361 g/mol. The van der Waals surface area contributed by atoms with Crippen LogP contribution in [-0.4, -0.2) is 56.0 Å². The van der Waals surface area contributed by atoms with Crippen molar-refractivity contribution in [2.45, 2.75) is 25.3 Å². The largest absolute Gasteiger partial charge is 0.497 e. The lowest BCUT2D eigenvalue weighted by Crippen LogP contribution is -2.47. The highest BCUT2D eigenvalue weighted by Gasteiger charge is 2.44. The number of carbonyl (C=O) groups is 3. The Morgan fingerprint density at radius 1 is 1.08 bits per heavy atom. The smallest absolute Gasteiger partial charge is 0.251 e. The number of nitrogens with zero attached hydrogens (tertiary/aromatic N) is 2. The van der Waals surface area contributed by atoms with Gasteiger partial charge in [-0.25, -0.2) is 4.90 Å². The van der Waals surface area contributed by atoms with Gasteiger partial charge in [-0.3, -0.25) is 19.3 Å². The maximum absolute atomic E-state index is 12.9. The highest BCUT2D eigenvalue weighted by molar-refractivity contribution is 6.22. The minimum absolute atomic E-state index is 0.125. The number of amides is 3. The summed E-state index contributed by atoms with van der Waals surface area (Å²) < 4.78 is 10.4. The van der Waals surface area contributed by atoms with Crippen molar-refractivity contribution < 1.29 is 23.9 Å². The average molecular weight is 361 g/mol. The van der Waals surface area contributed by atoms with Crippen molar-refractivity contribution in [1.29, 1.82) is 0 Å². The van der Waals surface area contributed by atoms with Gasteiger partial charge >= 0.3 is 0 Å². The van der Waals surface area contributed by atoms with Crippen LogP contribution in [0, 0.1) is 5.92 Å². The second-order valence-corrected chi connectivity index (χ2v) is 6.57. The predicted molar refractivity (Wildman–Crippen MR) is 93.9 cm³/mol. The zero-order chi connectivity index (χ0) is 18.8. The minimum atomic E-state index is -0.506. The number of ether oxygens (including phenoxy) is 2. The van der Waals surface area contributed by atoms with Gasteiger partial charge in [-0.15, -0.1) is 0 Å². The zero-order valence-electron chi connectivity index (χ0n) is 14.9. The second kappa shape index (κ2) is 7.33. The number of anilines is 1. The Morgan fingerprint density at radius 3 is 2.15 bits per heavy atom. The lowest BCUT2D eigenvalue weighted by molar-refractivity contribution is -0.124. The number of primary amides is 1. The highest BCUT2D eigenvalue weighted by Crippen LogP contribution is 2.33. The van der Waals surface area contributed by atoms with E-state index in [1.165, 1.54) is 19.1 Å².